The van der Waals surface area contributed by atoms with E-state index in [1.165, 1.54) is 0 Å². The first-order chi connectivity index (χ1) is 12.6. The lowest BCUT2D eigenvalue weighted by Crippen LogP contribution is -2.03. The molecule has 3 rings (SSSR count). The maximum atomic E-state index is 12.0. The van der Waals surface area contributed by atoms with E-state index in [9.17, 15) is 19.2 Å². The number of hydrogen-bond acceptors (Lipinski definition) is 4. The van der Waals surface area contributed by atoms with Crippen molar-refractivity contribution in [1.29, 1.82) is 0 Å². The smallest absolute Gasteiger partial charge is 0.225 e. The van der Waals surface area contributed by atoms with Gasteiger partial charge in [-0.1, -0.05) is 60.7 Å². The van der Waals surface area contributed by atoms with Crippen molar-refractivity contribution in [3.05, 3.63) is 83.9 Å². The standard InChI is InChI=1S/C22H14O4/c23-13-21(25)17-8-6-15(7-9-17)18-10-11-19(22(26)14-24)20(12-18)16-4-2-1-3-5-16/h1-14H. The van der Waals surface area contributed by atoms with E-state index in [0.29, 0.717) is 23.0 Å². The molecule has 0 saturated heterocycles. The number of Topliss-reactive ketones (excluding diaryl/α,β-unsaturated/α-hetero) is 2. The van der Waals surface area contributed by atoms with Crippen molar-refractivity contribution in [3.63, 3.8) is 0 Å². The minimum atomic E-state index is -0.581. The molecule has 0 bridgehead atoms. The normalized spacial score (nSPS) is 10.2. The van der Waals surface area contributed by atoms with Crippen LogP contribution in [0.25, 0.3) is 22.3 Å². The highest BCUT2D eigenvalue weighted by molar-refractivity contribution is 6.35. The van der Waals surface area contributed by atoms with Crippen molar-refractivity contribution < 1.29 is 19.2 Å². The van der Waals surface area contributed by atoms with Crippen molar-refractivity contribution in [1.82, 2.24) is 0 Å². The molecule has 126 valence electrons. The van der Waals surface area contributed by atoms with Crippen molar-refractivity contribution in [3.8, 4) is 22.3 Å². The lowest BCUT2D eigenvalue weighted by atomic mass is 9.92. The molecule has 0 heterocycles. The first-order valence-corrected chi connectivity index (χ1v) is 7.93. The van der Waals surface area contributed by atoms with E-state index in [4.69, 9.17) is 0 Å². The van der Waals surface area contributed by atoms with Crippen LogP contribution in [0.1, 0.15) is 20.7 Å². The van der Waals surface area contributed by atoms with Gasteiger partial charge in [-0.15, -0.1) is 0 Å². The maximum absolute atomic E-state index is 12.0. The molecule has 0 saturated carbocycles. The fourth-order valence-corrected chi connectivity index (χ4v) is 2.75. The quantitative estimate of drug-likeness (QED) is 0.388. The van der Waals surface area contributed by atoms with Gasteiger partial charge in [-0.25, -0.2) is 0 Å². The van der Waals surface area contributed by atoms with Gasteiger partial charge in [0.05, 0.1) is 0 Å². The Labute approximate surface area is 150 Å². The molecule has 0 fully saturated rings. The van der Waals surface area contributed by atoms with Gasteiger partial charge in [0.25, 0.3) is 0 Å². The SMILES string of the molecule is O=CC(=O)c1ccc(-c2ccc(C(=O)C=O)c(-c3ccccc3)c2)cc1. The van der Waals surface area contributed by atoms with Gasteiger partial charge in [-0.2, -0.15) is 0 Å². The molecule has 3 aromatic carbocycles. The molecule has 0 unspecified atom stereocenters. The van der Waals surface area contributed by atoms with Crippen LogP contribution in [0.15, 0.2) is 72.8 Å². The summed E-state index contributed by atoms with van der Waals surface area (Å²) in [5.74, 6) is -1.16. The number of benzene rings is 3. The molecule has 0 spiro atoms. The fourth-order valence-electron chi connectivity index (χ4n) is 2.75. The molecule has 4 heteroatoms. The first-order valence-electron chi connectivity index (χ1n) is 7.93. The summed E-state index contributed by atoms with van der Waals surface area (Å²) < 4.78 is 0. The lowest BCUT2D eigenvalue weighted by Gasteiger charge is -2.10. The Morgan fingerprint density at radius 3 is 1.85 bits per heavy atom. The third-order valence-electron chi connectivity index (χ3n) is 4.09. The number of ketones is 2. The third kappa shape index (κ3) is 3.39. The second-order valence-corrected chi connectivity index (χ2v) is 5.67. The van der Waals surface area contributed by atoms with E-state index in [1.807, 2.05) is 36.4 Å². The molecule has 0 aromatic heterocycles. The number of aldehydes is 2. The van der Waals surface area contributed by atoms with Crippen molar-refractivity contribution in [2.75, 3.05) is 0 Å². The zero-order valence-electron chi connectivity index (χ0n) is 13.7. The fraction of sp³-hybridized carbons (Fsp3) is 0. The van der Waals surface area contributed by atoms with Crippen LogP contribution in [-0.4, -0.2) is 24.1 Å². The number of carbonyl (C=O) groups excluding carboxylic acids is 4. The number of rotatable bonds is 6. The van der Waals surface area contributed by atoms with E-state index in [-0.39, 0.29) is 6.29 Å². The van der Waals surface area contributed by atoms with Crippen molar-refractivity contribution in [2.24, 2.45) is 0 Å². The Morgan fingerprint density at radius 1 is 0.615 bits per heavy atom. The summed E-state index contributed by atoms with van der Waals surface area (Å²) in [6.45, 7) is 0. The molecular weight excluding hydrogens is 328 g/mol. The van der Waals surface area contributed by atoms with Crippen LogP contribution in [0.2, 0.25) is 0 Å². The molecule has 0 N–H and O–H groups in total. The van der Waals surface area contributed by atoms with Gasteiger partial charge in [0.2, 0.25) is 11.6 Å². The predicted molar refractivity (Wildman–Crippen MR) is 98.1 cm³/mol. The summed E-state index contributed by atoms with van der Waals surface area (Å²) in [6, 6.07) is 21.2. The van der Waals surface area contributed by atoms with Gasteiger partial charge < -0.3 is 0 Å². The lowest BCUT2D eigenvalue weighted by molar-refractivity contribution is -0.105. The average Bonchev–Trinajstić information content (AvgIpc) is 2.73. The third-order valence-corrected chi connectivity index (χ3v) is 4.09. The Bertz CT molecular complexity index is 986. The minimum absolute atomic E-state index is 0.280. The molecule has 0 aliphatic rings. The minimum Gasteiger partial charge on any atom is -0.294 e. The summed E-state index contributed by atoms with van der Waals surface area (Å²) in [7, 11) is 0. The van der Waals surface area contributed by atoms with Gasteiger partial charge in [0.1, 0.15) is 0 Å². The topological polar surface area (TPSA) is 68.3 Å². The largest absolute Gasteiger partial charge is 0.294 e. The summed E-state index contributed by atoms with van der Waals surface area (Å²) in [4.78, 5) is 44.9. The van der Waals surface area contributed by atoms with Gasteiger partial charge >= 0.3 is 0 Å². The van der Waals surface area contributed by atoms with Gasteiger partial charge in [0, 0.05) is 11.1 Å². The highest BCUT2D eigenvalue weighted by Crippen LogP contribution is 2.30. The maximum Gasteiger partial charge on any atom is 0.225 e. The molecule has 0 aliphatic heterocycles. The second-order valence-electron chi connectivity index (χ2n) is 5.67. The molecular formula is C22H14O4. The van der Waals surface area contributed by atoms with Crippen LogP contribution in [-0.2, 0) is 9.59 Å². The van der Waals surface area contributed by atoms with E-state index < -0.39 is 11.6 Å². The van der Waals surface area contributed by atoms with Crippen LogP contribution in [0.5, 0.6) is 0 Å². The molecule has 0 radical (unpaired) electrons. The highest BCUT2D eigenvalue weighted by Gasteiger charge is 2.14. The molecule has 0 atom stereocenters. The Kier molecular flexibility index (Phi) is 4.94. The zero-order valence-corrected chi connectivity index (χ0v) is 13.7. The van der Waals surface area contributed by atoms with E-state index in [2.05, 4.69) is 0 Å². The summed E-state index contributed by atoms with van der Waals surface area (Å²) >= 11 is 0. The van der Waals surface area contributed by atoms with Gasteiger partial charge in [-0.3, -0.25) is 19.2 Å². The monoisotopic (exact) mass is 342 g/mol. The van der Waals surface area contributed by atoms with Crippen LogP contribution in [0.4, 0.5) is 0 Å². The first kappa shape index (κ1) is 17.2. The summed E-state index contributed by atoms with van der Waals surface area (Å²) in [6.07, 6.45) is 0.587. The van der Waals surface area contributed by atoms with Crippen molar-refractivity contribution in [2.45, 2.75) is 0 Å². The molecule has 0 aliphatic carbocycles. The molecule has 26 heavy (non-hydrogen) atoms. The molecule has 3 aromatic rings. The van der Waals surface area contributed by atoms with E-state index in [0.717, 1.165) is 16.7 Å². The molecule has 4 nitrogen and oxygen atoms in total. The number of carbonyl (C=O) groups is 4. The summed E-state index contributed by atoms with van der Waals surface area (Å²) in [5.41, 5.74) is 3.80. The second kappa shape index (κ2) is 7.49. The Balaban J connectivity index is 2.09. The van der Waals surface area contributed by atoms with Gasteiger partial charge in [0.15, 0.2) is 12.6 Å². The van der Waals surface area contributed by atoms with Crippen LogP contribution in [0, 0.1) is 0 Å². The van der Waals surface area contributed by atoms with E-state index >= 15 is 0 Å². The van der Waals surface area contributed by atoms with Crippen LogP contribution < -0.4 is 0 Å². The Morgan fingerprint density at radius 2 is 1.23 bits per heavy atom. The number of hydrogen-bond donors (Lipinski definition) is 0. The zero-order chi connectivity index (χ0) is 18.5. The predicted octanol–water partition coefficient (Wildman–Crippen LogP) is 3.78. The molecule has 0 amide bonds. The van der Waals surface area contributed by atoms with Crippen molar-refractivity contribution >= 4 is 24.1 Å². The van der Waals surface area contributed by atoms with Crippen LogP contribution in [0.3, 0.4) is 0 Å². The Hall–Kier alpha value is -3.66. The summed E-state index contributed by atoms with van der Waals surface area (Å²) in [5, 5.41) is 0. The highest BCUT2D eigenvalue weighted by atomic mass is 16.2. The van der Waals surface area contributed by atoms with Crippen LogP contribution >= 0.6 is 0 Å². The average molecular weight is 342 g/mol. The van der Waals surface area contributed by atoms with E-state index in [1.54, 1.807) is 36.4 Å². The van der Waals surface area contributed by atoms with Gasteiger partial charge in [-0.05, 0) is 34.4 Å².